The molecule has 1 rings (SSSR count). The van der Waals surface area contributed by atoms with E-state index in [2.05, 4.69) is 4.42 Å². The van der Waals surface area contributed by atoms with Gasteiger partial charge in [0.2, 0.25) is 11.5 Å². The third-order valence-corrected chi connectivity index (χ3v) is 1.36. The van der Waals surface area contributed by atoms with Gasteiger partial charge >= 0.3 is 12.1 Å². The second-order valence-corrected chi connectivity index (χ2v) is 2.32. The minimum atomic E-state index is -4.87. The Bertz CT molecular complexity index is 377. The lowest BCUT2D eigenvalue weighted by atomic mass is 10.2. The lowest BCUT2D eigenvalue weighted by Crippen LogP contribution is -2.06. The van der Waals surface area contributed by atoms with Crippen LogP contribution in [0.1, 0.15) is 26.7 Å². The molecular weight excluding hydrogens is 205 g/mol. The molecule has 0 bridgehead atoms. The van der Waals surface area contributed by atoms with E-state index < -0.39 is 29.2 Å². The molecule has 1 heterocycles. The summed E-state index contributed by atoms with van der Waals surface area (Å²) < 4.78 is 40.2. The summed E-state index contributed by atoms with van der Waals surface area (Å²) in [5, 5.41) is 8.31. The summed E-state index contributed by atoms with van der Waals surface area (Å²) in [5.41, 5.74) is -0.824. The molecule has 0 aliphatic rings. The Morgan fingerprint density at radius 1 is 1.50 bits per heavy atom. The number of carboxylic acids is 1. The van der Waals surface area contributed by atoms with Crippen LogP contribution in [0.3, 0.4) is 0 Å². The Morgan fingerprint density at radius 2 is 2.07 bits per heavy atom. The molecule has 0 amide bonds. The maximum absolute atomic E-state index is 12.1. The zero-order valence-electron chi connectivity index (χ0n) is 6.46. The van der Waals surface area contributed by atoms with Crippen LogP contribution in [0.4, 0.5) is 13.2 Å². The largest absolute Gasteiger partial charge is 0.475 e. The van der Waals surface area contributed by atoms with Gasteiger partial charge in [-0.05, 0) is 0 Å². The van der Waals surface area contributed by atoms with E-state index in [1.165, 1.54) is 0 Å². The third kappa shape index (κ3) is 1.76. The van der Waals surface area contributed by atoms with Crippen LogP contribution in [0.5, 0.6) is 0 Å². The number of hydrogen-bond donors (Lipinski definition) is 1. The van der Waals surface area contributed by atoms with Gasteiger partial charge in [0.1, 0.15) is 0 Å². The van der Waals surface area contributed by atoms with Crippen molar-refractivity contribution in [2.75, 3.05) is 0 Å². The van der Waals surface area contributed by atoms with Crippen molar-refractivity contribution in [3.05, 3.63) is 23.2 Å². The first kappa shape index (κ1) is 10.3. The molecule has 0 aliphatic heterocycles. The zero-order valence-corrected chi connectivity index (χ0v) is 6.46. The molecule has 4 nitrogen and oxygen atoms in total. The first-order chi connectivity index (χ1) is 6.36. The van der Waals surface area contributed by atoms with Gasteiger partial charge in [0.05, 0.1) is 5.56 Å². The van der Waals surface area contributed by atoms with E-state index in [-0.39, 0.29) is 6.29 Å². The second kappa shape index (κ2) is 3.17. The van der Waals surface area contributed by atoms with Crippen molar-refractivity contribution < 1.29 is 32.3 Å². The third-order valence-electron chi connectivity index (χ3n) is 1.36. The van der Waals surface area contributed by atoms with Gasteiger partial charge in [-0.2, -0.15) is 13.2 Å². The fourth-order valence-electron chi connectivity index (χ4n) is 0.820. The number of hydrogen-bond acceptors (Lipinski definition) is 3. The minimum absolute atomic E-state index is 0.112. The number of aromatic carboxylic acids is 1. The summed E-state index contributed by atoms with van der Waals surface area (Å²) in [5.74, 6) is -4.17. The standard InChI is InChI=1S/C7H3F3O4/c8-7(9,10)5-3(2-11)1-4(14-5)6(12)13/h1-2H,(H,12,13). The van der Waals surface area contributed by atoms with Crippen molar-refractivity contribution in [3.63, 3.8) is 0 Å². The number of halogens is 3. The molecule has 1 N–H and O–H groups in total. The van der Waals surface area contributed by atoms with E-state index in [1.807, 2.05) is 0 Å². The molecule has 0 saturated carbocycles. The molecule has 0 unspecified atom stereocenters. The van der Waals surface area contributed by atoms with Gasteiger partial charge in [-0.25, -0.2) is 4.79 Å². The van der Waals surface area contributed by atoms with Gasteiger partial charge in [0.15, 0.2) is 6.29 Å². The van der Waals surface area contributed by atoms with Crippen LogP contribution in [-0.2, 0) is 6.18 Å². The molecule has 76 valence electrons. The number of carbonyl (C=O) groups excluding carboxylic acids is 1. The molecule has 1 aromatic heterocycles. The molecular formula is C7H3F3O4. The summed E-state index contributed by atoms with van der Waals surface area (Å²) in [6.45, 7) is 0. The highest BCUT2D eigenvalue weighted by Gasteiger charge is 2.39. The van der Waals surface area contributed by atoms with Crippen LogP contribution in [0, 0.1) is 0 Å². The maximum Gasteiger partial charge on any atom is 0.450 e. The number of rotatable bonds is 2. The Balaban J connectivity index is 3.29. The minimum Gasteiger partial charge on any atom is -0.475 e. The SMILES string of the molecule is O=Cc1cc(C(=O)O)oc1C(F)(F)F. The average molecular weight is 208 g/mol. The number of carboxylic acid groups (broad SMARTS) is 1. The van der Waals surface area contributed by atoms with Crippen molar-refractivity contribution in [2.24, 2.45) is 0 Å². The summed E-state index contributed by atoms with van der Waals surface area (Å²) in [7, 11) is 0. The molecule has 0 saturated heterocycles. The van der Waals surface area contributed by atoms with Crippen molar-refractivity contribution in [1.82, 2.24) is 0 Å². The lowest BCUT2D eigenvalue weighted by molar-refractivity contribution is -0.153. The first-order valence-corrected chi connectivity index (χ1v) is 3.25. The molecule has 0 atom stereocenters. The quantitative estimate of drug-likeness (QED) is 0.752. The first-order valence-electron chi connectivity index (χ1n) is 3.25. The van der Waals surface area contributed by atoms with E-state index in [1.54, 1.807) is 0 Å². The van der Waals surface area contributed by atoms with Crippen LogP contribution in [0.15, 0.2) is 10.5 Å². The predicted molar refractivity (Wildman–Crippen MR) is 36.1 cm³/mol. The number of aldehydes is 1. The van der Waals surface area contributed by atoms with E-state index >= 15 is 0 Å². The van der Waals surface area contributed by atoms with Gasteiger partial charge in [-0.1, -0.05) is 0 Å². The monoisotopic (exact) mass is 208 g/mol. The Labute approximate surface area is 74.9 Å². The number of furan rings is 1. The second-order valence-electron chi connectivity index (χ2n) is 2.32. The summed E-state index contributed by atoms with van der Waals surface area (Å²) >= 11 is 0. The van der Waals surface area contributed by atoms with E-state index in [0.29, 0.717) is 6.07 Å². The normalized spacial score (nSPS) is 11.4. The van der Waals surface area contributed by atoms with Crippen molar-refractivity contribution in [1.29, 1.82) is 0 Å². The predicted octanol–water partition coefficient (Wildman–Crippen LogP) is 1.81. The highest BCUT2D eigenvalue weighted by molar-refractivity contribution is 5.88. The topological polar surface area (TPSA) is 67.5 Å². The van der Waals surface area contributed by atoms with E-state index in [9.17, 15) is 22.8 Å². The fourth-order valence-corrected chi connectivity index (χ4v) is 0.820. The fraction of sp³-hybridized carbons (Fsp3) is 0.143. The molecule has 7 heteroatoms. The van der Waals surface area contributed by atoms with Crippen LogP contribution in [-0.4, -0.2) is 17.4 Å². The molecule has 0 radical (unpaired) electrons. The Morgan fingerprint density at radius 3 is 2.36 bits per heavy atom. The molecule has 0 aromatic carbocycles. The van der Waals surface area contributed by atoms with Gasteiger partial charge < -0.3 is 9.52 Å². The van der Waals surface area contributed by atoms with Crippen molar-refractivity contribution >= 4 is 12.3 Å². The van der Waals surface area contributed by atoms with Gasteiger partial charge in [0, 0.05) is 6.07 Å². The van der Waals surface area contributed by atoms with Gasteiger partial charge in [0.25, 0.3) is 0 Å². The van der Waals surface area contributed by atoms with Crippen LogP contribution in [0.25, 0.3) is 0 Å². The molecule has 1 aromatic rings. The summed E-state index contributed by atoms with van der Waals surface area (Å²) in [4.78, 5) is 20.4. The highest BCUT2D eigenvalue weighted by Crippen LogP contribution is 2.33. The zero-order chi connectivity index (χ0) is 10.9. The Kier molecular flexibility index (Phi) is 2.33. The van der Waals surface area contributed by atoms with Crippen LogP contribution in [0.2, 0.25) is 0 Å². The number of carbonyl (C=O) groups is 2. The number of alkyl halides is 3. The van der Waals surface area contributed by atoms with Gasteiger partial charge in [-0.3, -0.25) is 4.79 Å². The highest BCUT2D eigenvalue weighted by atomic mass is 19.4. The van der Waals surface area contributed by atoms with E-state index in [0.717, 1.165) is 0 Å². The smallest absolute Gasteiger partial charge is 0.450 e. The summed E-state index contributed by atoms with van der Waals surface area (Å²) in [6, 6.07) is 0.526. The van der Waals surface area contributed by atoms with Crippen molar-refractivity contribution in [3.8, 4) is 0 Å². The Hall–Kier alpha value is -1.79. The van der Waals surface area contributed by atoms with Crippen molar-refractivity contribution in [2.45, 2.75) is 6.18 Å². The van der Waals surface area contributed by atoms with Gasteiger partial charge in [-0.15, -0.1) is 0 Å². The molecule has 0 spiro atoms. The lowest BCUT2D eigenvalue weighted by Gasteiger charge is -2.01. The van der Waals surface area contributed by atoms with E-state index in [4.69, 9.17) is 5.11 Å². The average Bonchev–Trinajstić information content (AvgIpc) is 2.46. The molecule has 0 aliphatic carbocycles. The van der Waals surface area contributed by atoms with Crippen LogP contribution < -0.4 is 0 Å². The maximum atomic E-state index is 12.1. The molecule has 14 heavy (non-hydrogen) atoms. The van der Waals surface area contributed by atoms with Crippen LogP contribution >= 0.6 is 0 Å². The summed E-state index contributed by atoms with van der Waals surface area (Å²) in [6.07, 6.45) is -4.98. The molecule has 0 fully saturated rings.